The highest BCUT2D eigenvalue weighted by atomic mass is 16.6. The number of ether oxygens (including phenoxy) is 1. The molecule has 19 heavy (non-hydrogen) atoms. The summed E-state index contributed by atoms with van der Waals surface area (Å²) in [6.07, 6.45) is 0.363. The first-order valence-corrected chi connectivity index (χ1v) is 5.89. The number of carbonyl (C=O) groups excluding carboxylic acids is 1. The maximum atomic E-state index is 11.9. The van der Waals surface area contributed by atoms with Crippen molar-refractivity contribution in [3.8, 4) is 5.75 Å². The summed E-state index contributed by atoms with van der Waals surface area (Å²) in [6, 6.07) is 4.20. The van der Waals surface area contributed by atoms with Crippen molar-refractivity contribution in [1.29, 1.82) is 0 Å². The van der Waals surface area contributed by atoms with Crippen LogP contribution in [0.25, 0.3) is 0 Å². The molecule has 1 heterocycles. The van der Waals surface area contributed by atoms with E-state index in [2.05, 4.69) is 0 Å². The molecule has 1 saturated heterocycles. The third-order valence-electron chi connectivity index (χ3n) is 3.20. The number of amides is 1. The molecule has 1 aromatic rings. The van der Waals surface area contributed by atoms with Crippen LogP contribution in [0.1, 0.15) is 6.42 Å². The van der Waals surface area contributed by atoms with Gasteiger partial charge in [0.05, 0.1) is 17.7 Å². The Bertz CT molecular complexity index is 518. The van der Waals surface area contributed by atoms with Crippen LogP contribution < -0.4 is 15.4 Å². The number of nitrogens with two attached hydrogens (primary N) is 1. The van der Waals surface area contributed by atoms with Crippen molar-refractivity contribution in [3.63, 3.8) is 0 Å². The molecule has 1 unspecified atom stereocenters. The fraction of sp³-hybridized carbons (Fsp3) is 0.417. The summed E-state index contributed by atoms with van der Waals surface area (Å²) in [7, 11) is 1.46. The molecule has 1 aliphatic rings. The fourth-order valence-corrected chi connectivity index (χ4v) is 2.18. The van der Waals surface area contributed by atoms with Gasteiger partial charge in [-0.3, -0.25) is 14.9 Å². The minimum atomic E-state index is -0.496. The minimum Gasteiger partial charge on any atom is -0.495 e. The molecule has 0 aromatic heterocycles. The van der Waals surface area contributed by atoms with E-state index in [9.17, 15) is 14.9 Å². The van der Waals surface area contributed by atoms with E-state index in [0.717, 1.165) is 0 Å². The van der Waals surface area contributed by atoms with Gasteiger partial charge in [0.25, 0.3) is 5.69 Å². The van der Waals surface area contributed by atoms with Crippen molar-refractivity contribution in [2.45, 2.75) is 6.42 Å². The van der Waals surface area contributed by atoms with E-state index in [0.29, 0.717) is 30.9 Å². The van der Waals surface area contributed by atoms with E-state index >= 15 is 0 Å². The summed E-state index contributed by atoms with van der Waals surface area (Å²) >= 11 is 0. The molecule has 7 heteroatoms. The van der Waals surface area contributed by atoms with Gasteiger partial charge in [0.2, 0.25) is 5.91 Å². The summed E-state index contributed by atoms with van der Waals surface area (Å²) in [5, 5.41) is 10.8. The van der Waals surface area contributed by atoms with E-state index in [-0.39, 0.29) is 17.5 Å². The number of hydrogen-bond donors (Lipinski definition) is 1. The Labute approximate surface area is 110 Å². The quantitative estimate of drug-likeness (QED) is 0.644. The van der Waals surface area contributed by atoms with Crippen molar-refractivity contribution in [1.82, 2.24) is 0 Å². The molecule has 1 atom stereocenters. The zero-order valence-corrected chi connectivity index (χ0v) is 10.5. The lowest BCUT2D eigenvalue weighted by Gasteiger charge is -2.19. The first kappa shape index (κ1) is 13.3. The van der Waals surface area contributed by atoms with Crippen molar-refractivity contribution >= 4 is 17.3 Å². The highest BCUT2D eigenvalue weighted by Gasteiger charge is 2.32. The lowest BCUT2D eigenvalue weighted by Crippen LogP contribution is -2.26. The molecular formula is C12H15N3O4. The van der Waals surface area contributed by atoms with Gasteiger partial charge >= 0.3 is 0 Å². The van der Waals surface area contributed by atoms with Crippen LogP contribution in [0, 0.1) is 16.0 Å². The van der Waals surface area contributed by atoms with Gasteiger partial charge in [-0.25, -0.2) is 0 Å². The van der Waals surface area contributed by atoms with Gasteiger partial charge in [-0.15, -0.1) is 0 Å². The number of carbonyl (C=O) groups is 1. The molecule has 0 spiro atoms. The Balaban J connectivity index is 2.39. The van der Waals surface area contributed by atoms with Crippen LogP contribution >= 0.6 is 0 Å². The molecule has 7 nitrogen and oxygen atoms in total. The number of nitrogens with zero attached hydrogens (tertiary/aromatic N) is 2. The number of anilines is 1. The van der Waals surface area contributed by atoms with Gasteiger partial charge in [0, 0.05) is 25.1 Å². The van der Waals surface area contributed by atoms with Gasteiger partial charge < -0.3 is 15.4 Å². The second kappa shape index (κ2) is 5.23. The van der Waals surface area contributed by atoms with Crippen LogP contribution in [0.5, 0.6) is 5.75 Å². The summed E-state index contributed by atoms with van der Waals surface area (Å²) in [5.41, 5.74) is 5.93. The molecule has 0 aliphatic carbocycles. The molecule has 1 aliphatic heterocycles. The zero-order valence-electron chi connectivity index (χ0n) is 10.5. The number of benzene rings is 1. The van der Waals surface area contributed by atoms with Gasteiger partial charge in [-0.05, 0) is 18.5 Å². The predicted molar refractivity (Wildman–Crippen MR) is 69.2 cm³/mol. The van der Waals surface area contributed by atoms with Crippen molar-refractivity contribution in [2.75, 3.05) is 25.1 Å². The normalized spacial score (nSPS) is 18.7. The summed E-state index contributed by atoms with van der Waals surface area (Å²) in [6.45, 7) is 0.881. The Morgan fingerprint density at radius 2 is 2.32 bits per heavy atom. The van der Waals surface area contributed by atoms with Crippen molar-refractivity contribution < 1.29 is 14.5 Å². The Morgan fingerprint density at radius 1 is 1.58 bits per heavy atom. The summed E-state index contributed by atoms with van der Waals surface area (Å²) < 4.78 is 5.16. The highest BCUT2D eigenvalue weighted by molar-refractivity contribution is 5.97. The first-order chi connectivity index (χ1) is 9.06. The minimum absolute atomic E-state index is 0.0696. The van der Waals surface area contributed by atoms with Gasteiger partial charge in [0.1, 0.15) is 5.75 Å². The Kier molecular flexibility index (Phi) is 3.66. The number of rotatable bonds is 4. The molecule has 0 bridgehead atoms. The number of hydrogen-bond acceptors (Lipinski definition) is 5. The maximum Gasteiger partial charge on any atom is 0.271 e. The first-order valence-electron chi connectivity index (χ1n) is 5.89. The lowest BCUT2D eigenvalue weighted by atomic mass is 10.1. The SMILES string of the molecule is COc1ccc([N+](=O)[O-])cc1N1CC(CN)CC1=O. The van der Waals surface area contributed by atoms with Gasteiger partial charge in [-0.2, -0.15) is 0 Å². The average Bonchev–Trinajstić information content (AvgIpc) is 2.79. The largest absolute Gasteiger partial charge is 0.495 e. The molecular weight excluding hydrogens is 250 g/mol. The average molecular weight is 265 g/mol. The smallest absolute Gasteiger partial charge is 0.271 e. The molecule has 1 aromatic carbocycles. The van der Waals surface area contributed by atoms with Crippen molar-refractivity contribution in [2.24, 2.45) is 11.7 Å². The van der Waals surface area contributed by atoms with Crippen LogP contribution in [-0.2, 0) is 4.79 Å². The summed E-state index contributed by atoms with van der Waals surface area (Å²) in [4.78, 5) is 23.8. The van der Waals surface area contributed by atoms with E-state index in [1.807, 2.05) is 0 Å². The van der Waals surface area contributed by atoms with Crippen LogP contribution in [0.15, 0.2) is 18.2 Å². The molecule has 1 amide bonds. The number of methoxy groups -OCH3 is 1. The standard InChI is InChI=1S/C12H15N3O4/c1-19-11-3-2-9(15(17)18)5-10(11)14-7-8(6-13)4-12(14)16/h2-3,5,8H,4,6-7,13H2,1H3. The lowest BCUT2D eigenvalue weighted by molar-refractivity contribution is -0.384. The zero-order chi connectivity index (χ0) is 14.0. The van der Waals surface area contributed by atoms with E-state index in [1.165, 1.54) is 30.2 Å². The van der Waals surface area contributed by atoms with E-state index in [4.69, 9.17) is 10.5 Å². The van der Waals surface area contributed by atoms with Gasteiger partial charge in [-0.1, -0.05) is 0 Å². The molecule has 0 saturated carbocycles. The van der Waals surface area contributed by atoms with Crippen LogP contribution in [0.2, 0.25) is 0 Å². The molecule has 1 fully saturated rings. The third-order valence-corrected chi connectivity index (χ3v) is 3.20. The molecule has 102 valence electrons. The van der Waals surface area contributed by atoms with Crippen LogP contribution in [0.3, 0.4) is 0 Å². The second-order valence-electron chi connectivity index (χ2n) is 4.42. The predicted octanol–water partition coefficient (Wildman–Crippen LogP) is 0.915. The molecule has 0 radical (unpaired) electrons. The van der Waals surface area contributed by atoms with Gasteiger partial charge in [0.15, 0.2) is 0 Å². The topological polar surface area (TPSA) is 98.7 Å². The van der Waals surface area contributed by atoms with Crippen LogP contribution in [-0.4, -0.2) is 31.0 Å². The number of nitro benzene ring substituents is 1. The monoisotopic (exact) mass is 265 g/mol. The Morgan fingerprint density at radius 3 is 2.84 bits per heavy atom. The van der Waals surface area contributed by atoms with E-state index < -0.39 is 4.92 Å². The number of non-ortho nitro benzene ring substituents is 1. The highest BCUT2D eigenvalue weighted by Crippen LogP contribution is 2.35. The third kappa shape index (κ3) is 2.50. The van der Waals surface area contributed by atoms with E-state index in [1.54, 1.807) is 0 Å². The van der Waals surface area contributed by atoms with Crippen LogP contribution in [0.4, 0.5) is 11.4 Å². The maximum absolute atomic E-state index is 11.9. The Hall–Kier alpha value is -2.15. The van der Waals surface area contributed by atoms with Crippen molar-refractivity contribution in [3.05, 3.63) is 28.3 Å². The molecule has 2 N–H and O–H groups in total. The summed E-state index contributed by atoms with van der Waals surface area (Å²) in [5.74, 6) is 0.433. The number of nitro groups is 1. The molecule has 2 rings (SSSR count). The second-order valence-corrected chi connectivity index (χ2v) is 4.42. The fourth-order valence-electron chi connectivity index (χ4n) is 2.18.